The van der Waals surface area contributed by atoms with Crippen molar-refractivity contribution in [3.63, 3.8) is 0 Å². The van der Waals surface area contributed by atoms with Gasteiger partial charge in [0.05, 0.1) is 12.7 Å². The van der Waals surface area contributed by atoms with Gasteiger partial charge in [-0.05, 0) is 19.4 Å². The minimum absolute atomic E-state index is 0.0743. The van der Waals surface area contributed by atoms with Gasteiger partial charge in [0.15, 0.2) is 0 Å². The van der Waals surface area contributed by atoms with Crippen LogP contribution in [0.3, 0.4) is 0 Å². The van der Waals surface area contributed by atoms with Gasteiger partial charge in [-0.1, -0.05) is 19.8 Å². The SMILES string of the molecule is CCN(CC(O)CO)C1(CN)CCCC1. The Labute approximate surface area is 92.1 Å². The topological polar surface area (TPSA) is 69.7 Å². The van der Waals surface area contributed by atoms with Gasteiger partial charge in [0.2, 0.25) is 0 Å². The second-order valence-corrected chi connectivity index (χ2v) is 4.51. The van der Waals surface area contributed by atoms with E-state index in [1.54, 1.807) is 0 Å². The molecule has 4 nitrogen and oxygen atoms in total. The fourth-order valence-electron chi connectivity index (χ4n) is 2.65. The molecule has 0 aromatic carbocycles. The van der Waals surface area contributed by atoms with Gasteiger partial charge in [-0.2, -0.15) is 0 Å². The standard InChI is InChI=1S/C11H24N2O2/c1-2-13(7-10(15)8-14)11(9-12)5-3-4-6-11/h10,14-15H,2-9,12H2,1H3. The van der Waals surface area contributed by atoms with Crippen LogP contribution in [0.4, 0.5) is 0 Å². The first kappa shape index (κ1) is 12.9. The Bertz CT molecular complexity index is 181. The quantitative estimate of drug-likeness (QED) is 0.581. The van der Waals surface area contributed by atoms with E-state index in [0.717, 1.165) is 19.4 Å². The summed E-state index contributed by atoms with van der Waals surface area (Å²) in [6.45, 7) is 3.98. The van der Waals surface area contributed by atoms with Gasteiger partial charge in [0.1, 0.15) is 0 Å². The lowest BCUT2D eigenvalue weighted by Gasteiger charge is -2.41. The van der Waals surface area contributed by atoms with Gasteiger partial charge < -0.3 is 15.9 Å². The Kier molecular flexibility index (Phi) is 4.99. The summed E-state index contributed by atoms with van der Waals surface area (Å²) in [5, 5.41) is 18.4. The number of likely N-dealkylation sites (N-methyl/N-ethyl adjacent to an activating group) is 1. The van der Waals surface area contributed by atoms with E-state index in [9.17, 15) is 5.11 Å². The van der Waals surface area contributed by atoms with Gasteiger partial charge in [0.25, 0.3) is 0 Å². The van der Waals surface area contributed by atoms with Crippen molar-refractivity contribution in [2.45, 2.75) is 44.2 Å². The van der Waals surface area contributed by atoms with Crippen LogP contribution >= 0.6 is 0 Å². The van der Waals surface area contributed by atoms with Gasteiger partial charge in [-0.3, -0.25) is 4.90 Å². The Hall–Kier alpha value is -0.160. The summed E-state index contributed by atoms with van der Waals surface area (Å²) in [6, 6.07) is 0. The third-order valence-electron chi connectivity index (χ3n) is 3.61. The highest BCUT2D eigenvalue weighted by Crippen LogP contribution is 2.34. The van der Waals surface area contributed by atoms with Crippen molar-refractivity contribution >= 4 is 0 Å². The maximum atomic E-state index is 9.50. The molecule has 15 heavy (non-hydrogen) atoms. The molecule has 0 radical (unpaired) electrons. The van der Waals surface area contributed by atoms with Crippen LogP contribution in [0.15, 0.2) is 0 Å². The van der Waals surface area contributed by atoms with Crippen molar-refractivity contribution in [3.8, 4) is 0 Å². The number of hydrogen-bond acceptors (Lipinski definition) is 4. The van der Waals surface area contributed by atoms with Crippen molar-refractivity contribution in [1.29, 1.82) is 0 Å². The first-order valence-corrected chi connectivity index (χ1v) is 5.92. The molecule has 1 unspecified atom stereocenters. The molecule has 0 aliphatic heterocycles. The minimum Gasteiger partial charge on any atom is -0.394 e. The molecule has 0 aromatic heterocycles. The zero-order chi connectivity index (χ0) is 11.3. The molecule has 4 heteroatoms. The molecule has 0 amide bonds. The third kappa shape index (κ3) is 2.91. The summed E-state index contributed by atoms with van der Waals surface area (Å²) in [4.78, 5) is 2.24. The number of nitrogens with two attached hydrogens (primary N) is 1. The molecule has 0 heterocycles. The molecule has 1 fully saturated rings. The normalized spacial score (nSPS) is 22.2. The predicted octanol–water partition coefficient (Wildman–Crippen LogP) is -0.0670. The van der Waals surface area contributed by atoms with Crippen LogP contribution in [0.2, 0.25) is 0 Å². The van der Waals surface area contributed by atoms with Crippen LogP contribution in [0, 0.1) is 0 Å². The van der Waals surface area contributed by atoms with E-state index in [0.29, 0.717) is 13.1 Å². The Morgan fingerprint density at radius 3 is 2.40 bits per heavy atom. The van der Waals surface area contributed by atoms with Crippen LogP contribution < -0.4 is 5.73 Å². The van der Waals surface area contributed by atoms with Gasteiger partial charge in [-0.25, -0.2) is 0 Å². The summed E-state index contributed by atoms with van der Waals surface area (Å²) in [5.74, 6) is 0. The van der Waals surface area contributed by atoms with Crippen LogP contribution in [-0.2, 0) is 0 Å². The summed E-state index contributed by atoms with van der Waals surface area (Å²) >= 11 is 0. The Morgan fingerprint density at radius 2 is 2.00 bits per heavy atom. The monoisotopic (exact) mass is 216 g/mol. The average molecular weight is 216 g/mol. The van der Waals surface area contributed by atoms with Gasteiger partial charge in [0, 0.05) is 18.6 Å². The van der Waals surface area contributed by atoms with Crippen LogP contribution in [0.5, 0.6) is 0 Å². The molecule has 1 saturated carbocycles. The highest BCUT2D eigenvalue weighted by atomic mass is 16.3. The molecule has 0 bridgehead atoms. The summed E-state index contributed by atoms with van der Waals surface area (Å²) in [5.41, 5.74) is 5.95. The van der Waals surface area contributed by atoms with E-state index in [4.69, 9.17) is 10.8 Å². The zero-order valence-electron chi connectivity index (χ0n) is 9.65. The molecule has 1 aliphatic carbocycles. The second-order valence-electron chi connectivity index (χ2n) is 4.51. The second kappa shape index (κ2) is 5.80. The van der Waals surface area contributed by atoms with Crippen molar-refractivity contribution in [1.82, 2.24) is 4.90 Å². The van der Waals surface area contributed by atoms with Crippen LogP contribution in [0.25, 0.3) is 0 Å². The molecule has 0 aromatic rings. The van der Waals surface area contributed by atoms with Crippen molar-refractivity contribution in [2.75, 3.05) is 26.2 Å². The van der Waals surface area contributed by atoms with E-state index < -0.39 is 6.10 Å². The molecular formula is C11H24N2O2. The van der Waals surface area contributed by atoms with Crippen LogP contribution in [0.1, 0.15) is 32.6 Å². The van der Waals surface area contributed by atoms with Crippen molar-refractivity contribution < 1.29 is 10.2 Å². The Morgan fingerprint density at radius 1 is 1.40 bits per heavy atom. The number of nitrogens with zero attached hydrogens (tertiary/aromatic N) is 1. The lowest BCUT2D eigenvalue weighted by Crippen LogP contribution is -2.54. The first-order chi connectivity index (χ1) is 7.18. The first-order valence-electron chi connectivity index (χ1n) is 5.92. The molecule has 1 rings (SSSR count). The molecule has 1 atom stereocenters. The van der Waals surface area contributed by atoms with Crippen molar-refractivity contribution in [2.24, 2.45) is 5.73 Å². The molecule has 90 valence electrons. The van der Waals surface area contributed by atoms with Crippen molar-refractivity contribution in [3.05, 3.63) is 0 Å². The number of aliphatic hydroxyl groups is 2. The van der Waals surface area contributed by atoms with Gasteiger partial charge in [-0.15, -0.1) is 0 Å². The highest BCUT2D eigenvalue weighted by molar-refractivity contribution is 4.96. The Balaban J connectivity index is 2.62. The zero-order valence-corrected chi connectivity index (χ0v) is 9.65. The van der Waals surface area contributed by atoms with Gasteiger partial charge >= 0.3 is 0 Å². The van der Waals surface area contributed by atoms with E-state index in [1.165, 1.54) is 12.8 Å². The molecular weight excluding hydrogens is 192 g/mol. The van der Waals surface area contributed by atoms with E-state index in [-0.39, 0.29) is 12.1 Å². The number of β-amino-alcohol motifs (C(OH)–C–C–N with tert-alkyl or cyclic N) is 1. The number of rotatable bonds is 6. The largest absolute Gasteiger partial charge is 0.394 e. The fourth-order valence-corrected chi connectivity index (χ4v) is 2.65. The highest BCUT2D eigenvalue weighted by Gasteiger charge is 2.37. The summed E-state index contributed by atoms with van der Waals surface area (Å²) < 4.78 is 0. The van der Waals surface area contributed by atoms with E-state index in [2.05, 4.69) is 11.8 Å². The minimum atomic E-state index is -0.644. The lowest BCUT2D eigenvalue weighted by atomic mass is 9.94. The maximum absolute atomic E-state index is 9.50. The fraction of sp³-hybridized carbons (Fsp3) is 1.00. The molecule has 0 saturated heterocycles. The molecule has 1 aliphatic rings. The summed E-state index contributed by atoms with van der Waals surface area (Å²) in [6.07, 6.45) is 4.05. The number of aliphatic hydroxyl groups excluding tert-OH is 2. The lowest BCUT2D eigenvalue weighted by molar-refractivity contribution is 0.0168. The van der Waals surface area contributed by atoms with E-state index >= 15 is 0 Å². The number of hydrogen-bond donors (Lipinski definition) is 3. The maximum Gasteiger partial charge on any atom is 0.0897 e. The van der Waals surface area contributed by atoms with E-state index in [1.807, 2.05) is 0 Å². The van der Waals surface area contributed by atoms with Crippen LogP contribution in [-0.4, -0.2) is 53.0 Å². The molecule has 0 spiro atoms. The third-order valence-corrected chi connectivity index (χ3v) is 3.61. The summed E-state index contributed by atoms with van der Waals surface area (Å²) in [7, 11) is 0. The molecule has 4 N–H and O–H groups in total. The average Bonchev–Trinajstić information content (AvgIpc) is 2.75. The smallest absolute Gasteiger partial charge is 0.0897 e. The predicted molar refractivity (Wildman–Crippen MR) is 60.6 cm³/mol.